The Hall–Kier alpha value is -0.950. The van der Waals surface area contributed by atoms with Crippen LogP contribution in [0.5, 0.6) is 0 Å². The number of hydrogen-bond acceptors (Lipinski definition) is 6. The van der Waals surface area contributed by atoms with Crippen molar-refractivity contribution in [1.29, 1.82) is 0 Å². The van der Waals surface area contributed by atoms with Crippen molar-refractivity contribution >= 4 is 5.97 Å². The Morgan fingerprint density at radius 2 is 1.67 bits per heavy atom. The van der Waals surface area contributed by atoms with E-state index in [4.69, 9.17) is 4.74 Å². The first-order chi connectivity index (χ1) is 16.6. The number of carbonyl (C=O) groups excluding carboxylic acids is 1. The molecule has 0 aromatic rings. The molecule has 12 atom stereocenters. The number of ether oxygens (including phenoxy) is 1. The zero-order valence-electron chi connectivity index (χ0n) is 23.4. The van der Waals surface area contributed by atoms with E-state index in [-0.39, 0.29) is 42.0 Å². The predicted octanol–water partition coefficient (Wildman–Crippen LogP) is 4.23. The highest BCUT2D eigenvalue weighted by atomic mass is 16.6. The smallest absolute Gasteiger partial charge is 0.303 e. The lowest BCUT2D eigenvalue weighted by molar-refractivity contribution is -0.294. The first kappa shape index (κ1) is 28.1. The fraction of sp³-hybridized carbons (Fsp3) is 0.900. The van der Waals surface area contributed by atoms with E-state index in [1.165, 1.54) is 6.92 Å². The van der Waals surface area contributed by atoms with Crippen molar-refractivity contribution in [2.75, 3.05) is 0 Å². The molecule has 12 unspecified atom stereocenters. The van der Waals surface area contributed by atoms with Crippen molar-refractivity contribution in [3.05, 3.63) is 12.2 Å². The molecule has 6 heteroatoms. The Labute approximate surface area is 217 Å². The Morgan fingerprint density at radius 3 is 2.31 bits per heavy atom. The maximum Gasteiger partial charge on any atom is 0.303 e. The van der Waals surface area contributed by atoms with Crippen LogP contribution in [-0.2, 0) is 9.53 Å². The highest BCUT2D eigenvalue weighted by Crippen LogP contribution is 2.69. The summed E-state index contributed by atoms with van der Waals surface area (Å²) in [6.07, 6.45) is 7.14. The maximum atomic E-state index is 11.7. The maximum absolute atomic E-state index is 11.7. The van der Waals surface area contributed by atoms with E-state index in [1.54, 1.807) is 0 Å². The van der Waals surface area contributed by atoms with Gasteiger partial charge in [-0.05, 0) is 87.4 Å². The van der Waals surface area contributed by atoms with Crippen LogP contribution < -0.4 is 0 Å². The molecule has 0 heterocycles. The first-order valence-corrected chi connectivity index (χ1v) is 14.2. The average Bonchev–Trinajstić information content (AvgIpc) is 3.11. The van der Waals surface area contributed by atoms with Gasteiger partial charge in [0.25, 0.3) is 0 Å². The van der Waals surface area contributed by atoms with Crippen molar-refractivity contribution in [3.63, 3.8) is 0 Å². The molecule has 0 aliphatic heterocycles. The van der Waals surface area contributed by atoms with Gasteiger partial charge in [0.05, 0.1) is 18.3 Å². The molecule has 0 aromatic carbocycles. The lowest BCUT2D eigenvalue weighted by Crippen LogP contribution is -2.72. The third-order valence-corrected chi connectivity index (χ3v) is 11.8. The van der Waals surface area contributed by atoms with E-state index in [9.17, 15) is 25.2 Å². The average molecular weight is 507 g/mol. The first-order valence-electron chi connectivity index (χ1n) is 14.2. The molecule has 0 spiro atoms. The van der Waals surface area contributed by atoms with Gasteiger partial charge in [0.2, 0.25) is 0 Å². The standard InChI is InChI=1S/C30H50O6/c1-17(8-9-18(2)27(4,5)36-19(3)31)22-10-11-23-21-15-26(34)30(35)16-20(32)14-25(33)29(30,7)24(21)12-13-28(22,23)6/h8-9,17-18,20-26,32-35H,10-16H2,1-7H3. The van der Waals surface area contributed by atoms with Crippen LogP contribution in [0.2, 0.25) is 0 Å². The molecule has 206 valence electrons. The normalized spacial score (nSPS) is 48.6. The number of fused-ring (bicyclic) bond motifs is 5. The van der Waals surface area contributed by atoms with Gasteiger partial charge in [0.15, 0.2) is 0 Å². The van der Waals surface area contributed by atoms with Crippen LogP contribution in [0.3, 0.4) is 0 Å². The van der Waals surface area contributed by atoms with Crippen LogP contribution in [0.25, 0.3) is 0 Å². The molecule has 0 bridgehead atoms. The van der Waals surface area contributed by atoms with Crippen LogP contribution in [0.1, 0.15) is 93.4 Å². The second kappa shape index (κ2) is 9.36. The topological polar surface area (TPSA) is 107 Å². The SMILES string of the molecule is CC(=O)OC(C)(C)C(C)C=CC(C)C1CCC2C3CC(O)C4(O)CC(O)CC(O)C4(C)C3CCC12C. The number of allylic oxidation sites excluding steroid dienone is 1. The summed E-state index contributed by atoms with van der Waals surface area (Å²) >= 11 is 0. The van der Waals surface area contributed by atoms with E-state index in [1.807, 2.05) is 20.8 Å². The zero-order chi connectivity index (χ0) is 26.8. The van der Waals surface area contributed by atoms with Crippen molar-refractivity contribution in [3.8, 4) is 0 Å². The van der Waals surface area contributed by atoms with Gasteiger partial charge in [-0.15, -0.1) is 0 Å². The summed E-state index contributed by atoms with van der Waals surface area (Å²) < 4.78 is 5.54. The monoisotopic (exact) mass is 506 g/mol. The molecule has 0 amide bonds. The molecule has 0 radical (unpaired) electrons. The van der Waals surface area contributed by atoms with Gasteiger partial charge in [-0.2, -0.15) is 0 Å². The van der Waals surface area contributed by atoms with Gasteiger partial charge in [-0.1, -0.05) is 39.8 Å². The second-order valence-corrected chi connectivity index (χ2v) is 13.9. The molecule has 6 nitrogen and oxygen atoms in total. The Morgan fingerprint density at radius 1 is 1.00 bits per heavy atom. The van der Waals surface area contributed by atoms with Crippen molar-refractivity contribution in [1.82, 2.24) is 0 Å². The van der Waals surface area contributed by atoms with Crippen LogP contribution >= 0.6 is 0 Å². The summed E-state index contributed by atoms with van der Waals surface area (Å²) in [6, 6.07) is 0. The summed E-state index contributed by atoms with van der Waals surface area (Å²) in [5, 5.41) is 44.4. The fourth-order valence-corrected chi connectivity index (χ4v) is 9.41. The van der Waals surface area contributed by atoms with Crippen LogP contribution in [0.15, 0.2) is 12.2 Å². The van der Waals surface area contributed by atoms with Gasteiger partial charge in [0, 0.05) is 24.7 Å². The third kappa shape index (κ3) is 4.19. The van der Waals surface area contributed by atoms with Crippen molar-refractivity contribution in [2.45, 2.75) is 123 Å². The molecular weight excluding hydrogens is 456 g/mol. The number of rotatable bonds is 5. The molecule has 36 heavy (non-hydrogen) atoms. The van der Waals surface area contributed by atoms with Crippen molar-refractivity contribution < 1.29 is 30.0 Å². The lowest BCUT2D eigenvalue weighted by atomic mass is 9.41. The van der Waals surface area contributed by atoms with E-state index in [2.05, 4.69) is 32.9 Å². The van der Waals surface area contributed by atoms with E-state index in [0.717, 1.165) is 25.7 Å². The molecular formula is C30H50O6. The quantitative estimate of drug-likeness (QED) is 0.328. The number of carbonyl (C=O) groups is 1. The summed E-state index contributed by atoms with van der Waals surface area (Å²) in [5.74, 6) is 1.58. The van der Waals surface area contributed by atoms with Crippen molar-refractivity contribution in [2.24, 2.45) is 46.3 Å². The van der Waals surface area contributed by atoms with Gasteiger partial charge < -0.3 is 25.2 Å². The molecule has 0 aromatic heterocycles. The highest BCUT2D eigenvalue weighted by molar-refractivity contribution is 5.66. The second-order valence-electron chi connectivity index (χ2n) is 13.9. The number of aliphatic hydroxyl groups excluding tert-OH is 3. The number of aliphatic hydroxyl groups is 4. The lowest BCUT2D eigenvalue weighted by Gasteiger charge is -2.66. The molecule has 0 saturated heterocycles. The van der Waals surface area contributed by atoms with Gasteiger partial charge >= 0.3 is 5.97 Å². The van der Waals surface area contributed by atoms with E-state index in [0.29, 0.717) is 24.2 Å². The molecule has 4 saturated carbocycles. The zero-order valence-corrected chi connectivity index (χ0v) is 23.4. The van der Waals surface area contributed by atoms with Crippen LogP contribution in [-0.4, -0.2) is 55.9 Å². The number of hydrogen-bond donors (Lipinski definition) is 4. The number of esters is 1. The predicted molar refractivity (Wildman–Crippen MR) is 139 cm³/mol. The molecule has 4 fully saturated rings. The summed E-state index contributed by atoms with van der Waals surface area (Å²) in [7, 11) is 0. The molecule has 4 rings (SSSR count). The van der Waals surface area contributed by atoms with Gasteiger partial charge in [-0.3, -0.25) is 4.79 Å². The fourth-order valence-electron chi connectivity index (χ4n) is 9.41. The third-order valence-electron chi connectivity index (χ3n) is 11.8. The largest absolute Gasteiger partial charge is 0.459 e. The van der Waals surface area contributed by atoms with Gasteiger partial charge in [0.1, 0.15) is 11.2 Å². The minimum absolute atomic E-state index is 0.0962. The van der Waals surface area contributed by atoms with E-state index >= 15 is 0 Å². The Bertz CT molecular complexity index is 870. The Kier molecular flexibility index (Phi) is 7.29. The van der Waals surface area contributed by atoms with Crippen LogP contribution in [0, 0.1) is 46.3 Å². The minimum atomic E-state index is -1.45. The molecule has 4 aliphatic carbocycles. The Balaban J connectivity index is 1.54. The summed E-state index contributed by atoms with van der Waals surface area (Å²) in [5.41, 5.74) is -2.67. The summed E-state index contributed by atoms with van der Waals surface area (Å²) in [6.45, 7) is 14.2. The molecule has 4 N–H and O–H groups in total. The van der Waals surface area contributed by atoms with Gasteiger partial charge in [-0.25, -0.2) is 0 Å². The highest BCUT2D eigenvalue weighted by Gasteiger charge is 2.70. The minimum Gasteiger partial charge on any atom is -0.459 e. The van der Waals surface area contributed by atoms with Crippen LogP contribution in [0.4, 0.5) is 0 Å². The van der Waals surface area contributed by atoms with E-state index < -0.39 is 34.9 Å². The molecule has 4 aliphatic rings. The summed E-state index contributed by atoms with van der Waals surface area (Å²) in [4.78, 5) is 11.5.